The number of para-hydroxylation sites is 1. The minimum Gasteiger partial charge on any atom is -0.378 e. The van der Waals surface area contributed by atoms with Crippen molar-refractivity contribution in [1.82, 2.24) is 4.98 Å². The fourth-order valence-corrected chi connectivity index (χ4v) is 3.69. The predicted molar refractivity (Wildman–Crippen MR) is 98.2 cm³/mol. The van der Waals surface area contributed by atoms with E-state index in [-0.39, 0.29) is 17.7 Å². The van der Waals surface area contributed by atoms with Gasteiger partial charge < -0.3 is 15.0 Å². The number of aromatic nitrogens is 1. The van der Waals surface area contributed by atoms with Crippen LogP contribution in [0.25, 0.3) is 0 Å². The van der Waals surface area contributed by atoms with Gasteiger partial charge in [-0.25, -0.2) is 0 Å². The van der Waals surface area contributed by atoms with Gasteiger partial charge in [-0.2, -0.15) is 0 Å². The highest BCUT2D eigenvalue weighted by Crippen LogP contribution is 2.48. The number of nitrogens with zero attached hydrogens (tertiary/aromatic N) is 2. The minimum atomic E-state index is 0.000667. The van der Waals surface area contributed by atoms with Gasteiger partial charge in [0.25, 0.3) is 0 Å². The van der Waals surface area contributed by atoms with Crippen molar-refractivity contribution >= 4 is 28.9 Å². The van der Waals surface area contributed by atoms with Crippen molar-refractivity contribution in [1.29, 1.82) is 0 Å². The third kappa shape index (κ3) is 3.48. The van der Waals surface area contributed by atoms with E-state index in [1.54, 1.807) is 6.20 Å². The number of ether oxygens (including phenoxy) is 1. The van der Waals surface area contributed by atoms with E-state index in [0.717, 1.165) is 36.4 Å². The van der Waals surface area contributed by atoms with Crippen LogP contribution in [0, 0.1) is 5.92 Å². The number of pyridine rings is 1. The summed E-state index contributed by atoms with van der Waals surface area (Å²) in [6.07, 6.45) is 4.46. The Morgan fingerprint density at radius 2 is 2.08 bits per heavy atom. The van der Waals surface area contributed by atoms with E-state index in [4.69, 9.17) is 16.3 Å². The SMILES string of the molecule is O=C(Nc1cccc(Cl)c1N1CCOCC1)[C@H]1C[C@H]1c1cccnc1. The highest BCUT2D eigenvalue weighted by atomic mass is 35.5. The van der Waals surface area contributed by atoms with Crippen LogP contribution in [0.1, 0.15) is 17.9 Å². The summed E-state index contributed by atoms with van der Waals surface area (Å²) >= 11 is 6.42. The van der Waals surface area contributed by atoms with Crippen LogP contribution < -0.4 is 10.2 Å². The largest absolute Gasteiger partial charge is 0.378 e. The van der Waals surface area contributed by atoms with Gasteiger partial charge in [0.15, 0.2) is 0 Å². The molecule has 1 aromatic carbocycles. The van der Waals surface area contributed by atoms with Crippen molar-refractivity contribution in [3.8, 4) is 0 Å². The van der Waals surface area contributed by atoms with Crippen LogP contribution in [0.5, 0.6) is 0 Å². The molecule has 1 saturated heterocycles. The van der Waals surface area contributed by atoms with E-state index in [2.05, 4.69) is 15.2 Å². The lowest BCUT2D eigenvalue weighted by atomic mass is 10.1. The first-order chi connectivity index (χ1) is 12.2. The predicted octanol–water partition coefficient (Wildman–Crippen LogP) is 3.31. The van der Waals surface area contributed by atoms with Crippen LogP contribution >= 0.6 is 11.6 Å². The van der Waals surface area contributed by atoms with Crippen LogP contribution in [0.2, 0.25) is 5.02 Å². The van der Waals surface area contributed by atoms with Gasteiger partial charge in [0.1, 0.15) is 0 Å². The van der Waals surface area contributed by atoms with Gasteiger partial charge in [0, 0.05) is 31.4 Å². The number of carbonyl (C=O) groups excluding carboxylic acids is 1. The average Bonchev–Trinajstić information content (AvgIpc) is 3.44. The lowest BCUT2D eigenvalue weighted by Gasteiger charge is -2.31. The molecule has 25 heavy (non-hydrogen) atoms. The molecule has 1 amide bonds. The Labute approximate surface area is 152 Å². The van der Waals surface area contributed by atoms with Crippen LogP contribution in [0.4, 0.5) is 11.4 Å². The molecule has 0 unspecified atom stereocenters. The summed E-state index contributed by atoms with van der Waals surface area (Å²) in [5.41, 5.74) is 2.79. The first-order valence-electron chi connectivity index (χ1n) is 8.56. The number of carbonyl (C=O) groups is 1. The number of rotatable bonds is 4. The number of benzene rings is 1. The van der Waals surface area contributed by atoms with Crippen molar-refractivity contribution in [2.45, 2.75) is 12.3 Å². The molecule has 1 N–H and O–H groups in total. The van der Waals surface area contributed by atoms with E-state index in [1.165, 1.54) is 0 Å². The lowest BCUT2D eigenvalue weighted by Crippen LogP contribution is -2.37. The highest BCUT2D eigenvalue weighted by Gasteiger charge is 2.44. The van der Waals surface area contributed by atoms with Crippen LogP contribution in [-0.2, 0) is 9.53 Å². The monoisotopic (exact) mass is 357 g/mol. The zero-order valence-corrected chi connectivity index (χ0v) is 14.6. The van der Waals surface area contributed by atoms with Crippen molar-refractivity contribution in [3.05, 3.63) is 53.3 Å². The zero-order valence-electron chi connectivity index (χ0n) is 13.8. The van der Waals surface area contributed by atoms with Gasteiger partial charge >= 0.3 is 0 Å². The molecular formula is C19H20ClN3O2. The standard InChI is InChI=1S/C19H20ClN3O2/c20-16-4-1-5-17(18(16)23-7-9-25-10-8-23)22-19(24)15-11-14(15)13-3-2-6-21-12-13/h1-6,12,14-15H,7-11H2,(H,22,24)/t14-,15-/m0/s1. The smallest absolute Gasteiger partial charge is 0.228 e. The van der Waals surface area contributed by atoms with Gasteiger partial charge in [-0.1, -0.05) is 23.7 Å². The Morgan fingerprint density at radius 3 is 2.84 bits per heavy atom. The molecule has 1 aliphatic heterocycles. The number of anilines is 2. The maximum Gasteiger partial charge on any atom is 0.228 e. The first kappa shape index (κ1) is 16.4. The van der Waals surface area contributed by atoms with Gasteiger partial charge in [-0.15, -0.1) is 0 Å². The molecule has 1 saturated carbocycles. The molecule has 4 rings (SSSR count). The van der Waals surface area contributed by atoms with Crippen LogP contribution in [0.3, 0.4) is 0 Å². The Kier molecular flexibility index (Phi) is 4.59. The van der Waals surface area contributed by atoms with E-state index < -0.39 is 0 Å². The molecule has 2 heterocycles. The van der Waals surface area contributed by atoms with Crippen molar-refractivity contribution in [3.63, 3.8) is 0 Å². The topological polar surface area (TPSA) is 54.5 Å². The first-order valence-corrected chi connectivity index (χ1v) is 8.94. The Hall–Kier alpha value is -2.11. The number of hydrogen-bond donors (Lipinski definition) is 1. The zero-order chi connectivity index (χ0) is 17.2. The Morgan fingerprint density at radius 1 is 1.24 bits per heavy atom. The number of amides is 1. The minimum absolute atomic E-state index is 0.000667. The summed E-state index contributed by atoms with van der Waals surface area (Å²) < 4.78 is 5.42. The number of nitrogens with one attached hydrogen (secondary N) is 1. The van der Waals surface area contributed by atoms with E-state index in [1.807, 2.05) is 36.5 Å². The van der Waals surface area contributed by atoms with E-state index in [9.17, 15) is 4.79 Å². The second kappa shape index (κ2) is 7.02. The molecule has 2 fully saturated rings. The molecule has 6 heteroatoms. The van der Waals surface area contributed by atoms with Gasteiger partial charge in [0.2, 0.25) is 5.91 Å². The molecule has 1 aliphatic carbocycles. The molecule has 2 aromatic rings. The molecule has 0 spiro atoms. The fourth-order valence-electron chi connectivity index (χ4n) is 3.40. The summed E-state index contributed by atoms with van der Waals surface area (Å²) in [5, 5.41) is 3.74. The van der Waals surface area contributed by atoms with Crippen molar-refractivity contribution < 1.29 is 9.53 Å². The maximum atomic E-state index is 12.7. The second-order valence-corrected chi connectivity index (χ2v) is 6.87. The molecule has 5 nitrogen and oxygen atoms in total. The fraction of sp³-hybridized carbons (Fsp3) is 0.368. The summed E-state index contributed by atoms with van der Waals surface area (Å²) in [6, 6.07) is 9.58. The summed E-state index contributed by atoms with van der Waals surface area (Å²) in [6.45, 7) is 2.89. The molecule has 0 radical (unpaired) electrons. The number of morpholine rings is 1. The van der Waals surface area contributed by atoms with E-state index in [0.29, 0.717) is 18.2 Å². The molecular weight excluding hydrogens is 338 g/mol. The Balaban J connectivity index is 1.49. The van der Waals surface area contributed by atoms with Crippen LogP contribution in [0.15, 0.2) is 42.7 Å². The summed E-state index contributed by atoms with van der Waals surface area (Å²) in [7, 11) is 0. The van der Waals surface area contributed by atoms with E-state index >= 15 is 0 Å². The molecule has 2 atom stereocenters. The highest BCUT2D eigenvalue weighted by molar-refractivity contribution is 6.34. The van der Waals surface area contributed by atoms with Crippen molar-refractivity contribution in [2.75, 3.05) is 36.5 Å². The summed E-state index contributed by atoms with van der Waals surface area (Å²) in [4.78, 5) is 19.0. The van der Waals surface area contributed by atoms with Gasteiger partial charge in [-0.05, 0) is 36.1 Å². The second-order valence-electron chi connectivity index (χ2n) is 6.46. The van der Waals surface area contributed by atoms with Gasteiger partial charge in [-0.3, -0.25) is 9.78 Å². The third-order valence-electron chi connectivity index (χ3n) is 4.81. The summed E-state index contributed by atoms with van der Waals surface area (Å²) in [5.74, 6) is 0.311. The molecule has 0 bridgehead atoms. The quantitative estimate of drug-likeness (QED) is 0.912. The lowest BCUT2D eigenvalue weighted by molar-refractivity contribution is -0.117. The number of halogens is 1. The molecule has 130 valence electrons. The third-order valence-corrected chi connectivity index (χ3v) is 5.12. The van der Waals surface area contributed by atoms with Crippen molar-refractivity contribution in [2.24, 2.45) is 5.92 Å². The van der Waals surface area contributed by atoms with Gasteiger partial charge in [0.05, 0.1) is 29.6 Å². The number of hydrogen-bond acceptors (Lipinski definition) is 4. The van der Waals surface area contributed by atoms with Crippen LogP contribution in [-0.4, -0.2) is 37.2 Å². The maximum absolute atomic E-state index is 12.7. The molecule has 2 aliphatic rings. The molecule has 1 aromatic heterocycles. The Bertz CT molecular complexity index is 763. The normalized spacial score (nSPS) is 22.5. The average molecular weight is 358 g/mol.